The molecule has 0 fully saturated rings. The van der Waals surface area contributed by atoms with Crippen LogP contribution >= 0.6 is 0 Å². The van der Waals surface area contributed by atoms with Gasteiger partial charge in [0, 0.05) is 16.8 Å². The number of rotatable bonds is 4. The highest BCUT2D eigenvalue weighted by Gasteiger charge is 2.17. The summed E-state index contributed by atoms with van der Waals surface area (Å²) in [4.78, 5) is 11.0. The Bertz CT molecular complexity index is 748. The summed E-state index contributed by atoms with van der Waals surface area (Å²) in [6.07, 6.45) is 0. The van der Waals surface area contributed by atoms with Crippen molar-refractivity contribution in [3.8, 4) is 0 Å². The summed E-state index contributed by atoms with van der Waals surface area (Å²) in [7, 11) is -3.75. The molecule has 0 aliphatic heterocycles. The largest absolute Gasteiger partial charge is 0.366 e. The lowest BCUT2D eigenvalue weighted by Crippen LogP contribution is -2.15. The van der Waals surface area contributed by atoms with Gasteiger partial charge in [-0.1, -0.05) is 0 Å². The molecule has 8 heteroatoms. The standard InChI is InChI=1S/C12H14N4O3S/c1-7-8(2)14-15-12(7)16-20(18,19)10-5-3-9(4-6-10)11(13)17/h3-6H,1-2H3,(H2,13,17)(H2,14,15,16). The van der Waals surface area contributed by atoms with E-state index in [1.807, 2.05) is 0 Å². The Morgan fingerprint density at radius 2 is 1.85 bits per heavy atom. The number of anilines is 1. The van der Waals surface area contributed by atoms with Crippen LogP contribution in [0.25, 0.3) is 0 Å². The zero-order valence-corrected chi connectivity index (χ0v) is 11.8. The van der Waals surface area contributed by atoms with Gasteiger partial charge >= 0.3 is 0 Å². The van der Waals surface area contributed by atoms with Crippen LogP contribution < -0.4 is 10.5 Å². The van der Waals surface area contributed by atoms with Crippen LogP contribution in [0.2, 0.25) is 0 Å². The Balaban J connectivity index is 2.31. The number of aromatic nitrogens is 2. The number of nitrogens with two attached hydrogens (primary N) is 1. The van der Waals surface area contributed by atoms with Gasteiger partial charge in [0.05, 0.1) is 4.90 Å². The molecule has 1 aromatic carbocycles. The number of H-pyrrole nitrogens is 1. The fourth-order valence-electron chi connectivity index (χ4n) is 1.57. The Hall–Kier alpha value is -2.35. The van der Waals surface area contributed by atoms with Crippen molar-refractivity contribution >= 4 is 21.7 Å². The van der Waals surface area contributed by atoms with E-state index in [1.54, 1.807) is 13.8 Å². The minimum Gasteiger partial charge on any atom is -0.366 e. The van der Waals surface area contributed by atoms with Crippen LogP contribution in [0.15, 0.2) is 29.2 Å². The number of sulfonamides is 1. The second kappa shape index (κ2) is 4.97. The molecule has 20 heavy (non-hydrogen) atoms. The van der Waals surface area contributed by atoms with Crippen molar-refractivity contribution in [2.45, 2.75) is 18.7 Å². The van der Waals surface area contributed by atoms with Gasteiger partial charge in [0.1, 0.15) is 0 Å². The van der Waals surface area contributed by atoms with Crippen LogP contribution in [0.4, 0.5) is 5.82 Å². The van der Waals surface area contributed by atoms with E-state index in [4.69, 9.17) is 5.73 Å². The van der Waals surface area contributed by atoms with Gasteiger partial charge in [-0.15, -0.1) is 0 Å². The summed E-state index contributed by atoms with van der Waals surface area (Å²) in [5.74, 6) is -0.359. The van der Waals surface area contributed by atoms with Crippen molar-refractivity contribution in [2.75, 3.05) is 4.72 Å². The fourth-order valence-corrected chi connectivity index (χ4v) is 2.63. The number of benzene rings is 1. The quantitative estimate of drug-likeness (QED) is 0.777. The Kier molecular flexibility index (Phi) is 3.49. The third-order valence-electron chi connectivity index (χ3n) is 2.93. The first-order chi connectivity index (χ1) is 9.31. The van der Waals surface area contributed by atoms with Crippen molar-refractivity contribution in [2.24, 2.45) is 5.73 Å². The normalized spacial score (nSPS) is 11.3. The highest BCUT2D eigenvalue weighted by atomic mass is 32.2. The number of primary amides is 1. The molecule has 2 aromatic rings. The molecular weight excluding hydrogens is 280 g/mol. The molecule has 2 rings (SSSR count). The maximum Gasteiger partial charge on any atom is 0.263 e. The number of nitrogens with one attached hydrogen (secondary N) is 2. The van der Waals surface area contributed by atoms with Gasteiger partial charge in [-0.2, -0.15) is 5.10 Å². The minimum absolute atomic E-state index is 0.0301. The number of hydrogen-bond acceptors (Lipinski definition) is 4. The summed E-state index contributed by atoms with van der Waals surface area (Å²) in [6.45, 7) is 3.55. The van der Waals surface area contributed by atoms with Gasteiger partial charge in [-0.25, -0.2) is 8.42 Å². The zero-order valence-electron chi connectivity index (χ0n) is 11.0. The molecular formula is C12H14N4O3S. The highest BCUT2D eigenvalue weighted by Crippen LogP contribution is 2.19. The van der Waals surface area contributed by atoms with Gasteiger partial charge in [0.25, 0.3) is 10.0 Å². The summed E-state index contributed by atoms with van der Waals surface area (Å²) in [5, 5.41) is 6.58. The van der Waals surface area contributed by atoms with Gasteiger partial charge in [0.2, 0.25) is 5.91 Å². The van der Waals surface area contributed by atoms with Crippen molar-refractivity contribution in [3.63, 3.8) is 0 Å². The molecule has 0 aliphatic carbocycles. The summed E-state index contributed by atoms with van der Waals surface area (Å²) < 4.78 is 26.7. The topological polar surface area (TPSA) is 118 Å². The van der Waals surface area contributed by atoms with Crippen LogP contribution in [-0.2, 0) is 10.0 Å². The van der Waals surface area contributed by atoms with Gasteiger partial charge in [0.15, 0.2) is 5.82 Å². The lowest BCUT2D eigenvalue weighted by molar-refractivity contribution is 0.1000. The number of aryl methyl sites for hydroxylation is 1. The van der Waals surface area contributed by atoms with Crippen LogP contribution in [0.3, 0.4) is 0 Å². The second-order valence-corrected chi connectivity index (χ2v) is 6.00. The van der Waals surface area contributed by atoms with Crippen molar-refractivity contribution in [1.82, 2.24) is 10.2 Å². The van der Waals surface area contributed by atoms with E-state index in [2.05, 4.69) is 14.9 Å². The SMILES string of the molecule is Cc1[nH]nc(NS(=O)(=O)c2ccc(C(N)=O)cc2)c1C. The lowest BCUT2D eigenvalue weighted by Gasteiger charge is -2.06. The number of carbonyl (C=O) groups excluding carboxylic acids is 1. The van der Waals surface area contributed by atoms with Crippen LogP contribution in [-0.4, -0.2) is 24.5 Å². The third-order valence-corrected chi connectivity index (χ3v) is 4.29. The van der Waals surface area contributed by atoms with Crippen LogP contribution in [0.5, 0.6) is 0 Å². The first-order valence-electron chi connectivity index (χ1n) is 5.75. The van der Waals surface area contributed by atoms with E-state index in [0.717, 1.165) is 11.3 Å². The highest BCUT2D eigenvalue weighted by molar-refractivity contribution is 7.92. The Morgan fingerprint density at radius 1 is 1.25 bits per heavy atom. The summed E-state index contributed by atoms with van der Waals surface area (Å²) >= 11 is 0. The van der Waals surface area contributed by atoms with Crippen LogP contribution in [0, 0.1) is 13.8 Å². The number of hydrogen-bond donors (Lipinski definition) is 3. The van der Waals surface area contributed by atoms with Gasteiger partial charge in [-0.05, 0) is 38.1 Å². The molecule has 0 saturated heterocycles. The van der Waals surface area contributed by atoms with E-state index >= 15 is 0 Å². The first-order valence-corrected chi connectivity index (χ1v) is 7.24. The lowest BCUT2D eigenvalue weighted by atomic mass is 10.2. The fraction of sp³-hybridized carbons (Fsp3) is 0.167. The molecule has 0 spiro atoms. The molecule has 0 radical (unpaired) electrons. The maximum absolute atomic E-state index is 12.2. The predicted octanol–water partition coefficient (Wildman–Crippen LogP) is 0.926. The molecule has 0 bridgehead atoms. The average Bonchev–Trinajstić information content (AvgIpc) is 2.70. The third kappa shape index (κ3) is 2.64. The maximum atomic E-state index is 12.2. The number of carbonyl (C=O) groups is 1. The zero-order chi connectivity index (χ0) is 14.9. The molecule has 0 aliphatic rings. The minimum atomic E-state index is -3.75. The molecule has 106 valence electrons. The van der Waals surface area contributed by atoms with Gasteiger partial charge < -0.3 is 5.73 Å². The van der Waals surface area contributed by atoms with Crippen molar-refractivity contribution < 1.29 is 13.2 Å². The van der Waals surface area contributed by atoms with Crippen LogP contribution in [0.1, 0.15) is 21.6 Å². The number of nitrogens with zero attached hydrogens (tertiary/aromatic N) is 1. The van der Waals surface area contributed by atoms with E-state index < -0.39 is 15.9 Å². The van der Waals surface area contributed by atoms with E-state index in [9.17, 15) is 13.2 Å². The molecule has 0 atom stereocenters. The van der Waals surface area contributed by atoms with E-state index in [1.165, 1.54) is 24.3 Å². The van der Waals surface area contributed by atoms with Gasteiger partial charge in [-0.3, -0.25) is 14.6 Å². The van der Waals surface area contributed by atoms with Crippen molar-refractivity contribution in [3.05, 3.63) is 41.1 Å². The van der Waals surface area contributed by atoms with E-state index in [0.29, 0.717) is 0 Å². The smallest absolute Gasteiger partial charge is 0.263 e. The summed E-state index contributed by atoms with van der Waals surface area (Å²) in [5.41, 5.74) is 6.86. The Labute approximate surface area is 116 Å². The monoisotopic (exact) mass is 294 g/mol. The average molecular weight is 294 g/mol. The molecule has 1 aromatic heterocycles. The summed E-state index contributed by atoms with van der Waals surface area (Å²) in [6, 6.07) is 5.35. The second-order valence-electron chi connectivity index (χ2n) is 4.32. The number of amides is 1. The van der Waals surface area contributed by atoms with Crippen molar-refractivity contribution in [1.29, 1.82) is 0 Å². The molecule has 1 amide bonds. The first kappa shape index (κ1) is 14.1. The molecule has 4 N–H and O–H groups in total. The predicted molar refractivity (Wildman–Crippen MR) is 73.8 cm³/mol. The van der Waals surface area contributed by atoms with E-state index in [-0.39, 0.29) is 16.3 Å². The molecule has 0 saturated carbocycles. The molecule has 1 heterocycles. The Morgan fingerprint density at radius 3 is 2.30 bits per heavy atom. The molecule has 0 unspecified atom stereocenters. The molecule has 7 nitrogen and oxygen atoms in total. The number of aromatic amines is 1.